The molecule has 4 heteroatoms. The number of hydrogen-bond donors (Lipinski definition) is 1. The van der Waals surface area contributed by atoms with Crippen LogP contribution in [0, 0.1) is 5.92 Å². The number of nitrogens with two attached hydrogens (primary N) is 1. The molecule has 0 saturated carbocycles. The lowest BCUT2D eigenvalue weighted by molar-refractivity contribution is 0.391. The van der Waals surface area contributed by atoms with Crippen LogP contribution < -0.4 is 11.3 Å². The van der Waals surface area contributed by atoms with Gasteiger partial charge in [-0.25, -0.2) is 4.68 Å². The summed E-state index contributed by atoms with van der Waals surface area (Å²) in [6.07, 6.45) is 1.78. The van der Waals surface area contributed by atoms with E-state index in [1.54, 1.807) is 4.68 Å². The molecule has 1 aromatic heterocycles. The van der Waals surface area contributed by atoms with Gasteiger partial charge in [-0.15, -0.1) is 0 Å². The van der Waals surface area contributed by atoms with E-state index in [2.05, 4.69) is 20.8 Å². The zero-order chi connectivity index (χ0) is 12.5. The van der Waals surface area contributed by atoms with E-state index >= 15 is 0 Å². The monoisotopic (exact) mass is 225 g/mol. The van der Waals surface area contributed by atoms with Gasteiger partial charge >= 0.3 is 0 Å². The Morgan fingerprint density at radius 2 is 1.88 bits per heavy atom. The van der Waals surface area contributed by atoms with Gasteiger partial charge in [0.15, 0.2) is 0 Å². The summed E-state index contributed by atoms with van der Waals surface area (Å²) in [6, 6.07) is 0.195. The van der Waals surface area contributed by atoms with Gasteiger partial charge in [0, 0.05) is 7.05 Å². The number of rotatable bonds is 4. The van der Waals surface area contributed by atoms with E-state index in [-0.39, 0.29) is 11.6 Å². The van der Waals surface area contributed by atoms with Crippen molar-refractivity contribution in [3.8, 4) is 0 Å². The molecule has 2 N–H and O–H groups in total. The lowest BCUT2D eigenvalue weighted by Gasteiger charge is -2.15. The first kappa shape index (κ1) is 12.9. The molecular weight excluding hydrogens is 202 g/mol. The average Bonchev–Trinajstić information content (AvgIpc) is 2.42. The van der Waals surface area contributed by atoms with Crippen LogP contribution in [-0.2, 0) is 13.5 Å². The second-order valence-electron chi connectivity index (χ2n) is 4.89. The first-order chi connectivity index (χ1) is 7.40. The molecule has 0 amide bonds. The lowest BCUT2D eigenvalue weighted by atomic mass is 10.1. The summed E-state index contributed by atoms with van der Waals surface area (Å²) in [6.45, 7) is 8.37. The molecule has 0 radical (unpaired) electrons. The van der Waals surface area contributed by atoms with Crippen molar-refractivity contribution in [1.82, 2.24) is 9.36 Å². The second kappa shape index (κ2) is 4.76. The van der Waals surface area contributed by atoms with Crippen molar-refractivity contribution in [3.05, 3.63) is 16.0 Å². The molecule has 1 rings (SSSR count). The van der Waals surface area contributed by atoms with Crippen LogP contribution in [0.3, 0.4) is 0 Å². The maximum absolute atomic E-state index is 12.0. The molecule has 0 aliphatic rings. The quantitative estimate of drug-likeness (QED) is 0.851. The Balaban J connectivity index is 3.28. The van der Waals surface area contributed by atoms with Gasteiger partial charge in [0.25, 0.3) is 5.56 Å². The third-order valence-corrected chi connectivity index (χ3v) is 3.07. The molecule has 1 atom stereocenters. The van der Waals surface area contributed by atoms with Gasteiger partial charge in [0.2, 0.25) is 0 Å². The van der Waals surface area contributed by atoms with Crippen molar-refractivity contribution in [2.75, 3.05) is 5.73 Å². The largest absolute Gasteiger partial charge is 0.393 e. The van der Waals surface area contributed by atoms with Gasteiger partial charge in [-0.3, -0.25) is 9.48 Å². The third-order valence-electron chi connectivity index (χ3n) is 3.07. The Kier molecular flexibility index (Phi) is 3.83. The minimum Gasteiger partial charge on any atom is -0.393 e. The van der Waals surface area contributed by atoms with Crippen LogP contribution in [0.25, 0.3) is 0 Å². The predicted octanol–water partition coefficient (Wildman–Crippen LogP) is 1.94. The minimum atomic E-state index is -0.0486. The highest BCUT2D eigenvalue weighted by Gasteiger charge is 2.18. The van der Waals surface area contributed by atoms with E-state index < -0.39 is 0 Å². The fraction of sp³-hybridized carbons (Fsp3) is 0.750. The summed E-state index contributed by atoms with van der Waals surface area (Å²) in [5, 5.41) is 0. The van der Waals surface area contributed by atoms with Crippen molar-refractivity contribution >= 4 is 5.69 Å². The van der Waals surface area contributed by atoms with Gasteiger partial charge < -0.3 is 5.73 Å². The van der Waals surface area contributed by atoms with Crippen molar-refractivity contribution in [2.24, 2.45) is 13.0 Å². The highest BCUT2D eigenvalue weighted by molar-refractivity contribution is 5.41. The van der Waals surface area contributed by atoms with Crippen LogP contribution in [0.2, 0.25) is 0 Å². The average molecular weight is 225 g/mol. The SMILES string of the molecule is CCC(C)n1c(=O)c(N)c(CC(C)C)n1C. The zero-order valence-electron chi connectivity index (χ0n) is 10.9. The predicted molar refractivity (Wildman–Crippen MR) is 67.6 cm³/mol. The topological polar surface area (TPSA) is 52.9 Å². The van der Waals surface area contributed by atoms with Crippen molar-refractivity contribution in [3.63, 3.8) is 0 Å². The van der Waals surface area contributed by atoms with E-state index in [9.17, 15) is 4.79 Å². The standard InChI is InChI=1S/C12H23N3O/c1-6-9(4)15-12(16)11(13)10(14(15)5)7-8(2)3/h8-9H,6-7,13H2,1-5H3. The van der Waals surface area contributed by atoms with E-state index in [4.69, 9.17) is 5.73 Å². The summed E-state index contributed by atoms with van der Waals surface area (Å²) in [5.74, 6) is 0.501. The molecule has 0 spiro atoms. The number of nitrogen functional groups attached to an aromatic ring is 1. The molecule has 1 heterocycles. The molecule has 1 aromatic rings. The summed E-state index contributed by atoms with van der Waals surface area (Å²) in [7, 11) is 1.92. The number of hydrogen-bond acceptors (Lipinski definition) is 2. The van der Waals surface area contributed by atoms with Gasteiger partial charge in [0.05, 0.1) is 11.7 Å². The van der Waals surface area contributed by atoms with Crippen LogP contribution >= 0.6 is 0 Å². The molecule has 0 aliphatic carbocycles. The Hall–Kier alpha value is -1.19. The lowest BCUT2D eigenvalue weighted by Crippen LogP contribution is -2.25. The normalized spacial score (nSPS) is 13.4. The Morgan fingerprint density at radius 3 is 2.31 bits per heavy atom. The number of aromatic nitrogens is 2. The zero-order valence-corrected chi connectivity index (χ0v) is 10.9. The van der Waals surface area contributed by atoms with Gasteiger partial charge in [-0.2, -0.15) is 0 Å². The van der Waals surface area contributed by atoms with Gasteiger partial charge in [-0.05, 0) is 25.7 Å². The number of anilines is 1. The minimum absolute atomic E-state index is 0.0486. The highest BCUT2D eigenvalue weighted by atomic mass is 16.1. The molecule has 4 nitrogen and oxygen atoms in total. The molecule has 0 aliphatic heterocycles. The van der Waals surface area contributed by atoms with E-state index in [0.717, 1.165) is 18.5 Å². The molecule has 0 saturated heterocycles. The smallest absolute Gasteiger partial charge is 0.290 e. The summed E-state index contributed by atoms with van der Waals surface area (Å²) < 4.78 is 3.68. The van der Waals surface area contributed by atoms with E-state index in [1.807, 2.05) is 18.7 Å². The van der Waals surface area contributed by atoms with E-state index in [0.29, 0.717) is 11.6 Å². The van der Waals surface area contributed by atoms with Crippen molar-refractivity contribution < 1.29 is 0 Å². The fourth-order valence-electron chi connectivity index (χ4n) is 1.98. The molecule has 1 unspecified atom stereocenters. The third kappa shape index (κ3) is 2.15. The highest BCUT2D eigenvalue weighted by Crippen LogP contribution is 2.16. The summed E-state index contributed by atoms with van der Waals surface area (Å²) >= 11 is 0. The van der Waals surface area contributed by atoms with Crippen LogP contribution in [0.4, 0.5) is 5.69 Å². The van der Waals surface area contributed by atoms with Gasteiger partial charge in [-0.1, -0.05) is 20.8 Å². The molecular formula is C12H23N3O. The maximum atomic E-state index is 12.0. The first-order valence-corrected chi connectivity index (χ1v) is 5.95. The second-order valence-corrected chi connectivity index (χ2v) is 4.89. The van der Waals surface area contributed by atoms with Crippen LogP contribution in [0.15, 0.2) is 4.79 Å². The molecule has 16 heavy (non-hydrogen) atoms. The van der Waals surface area contributed by atoms with Crippen LogP contribution in [0.1, 0.15) is 45.9 Å². The van der Waals surface area contributed by atoms with E-state index in [1.165, 1.54) is 0 Å². The summed E-state index contributed by atoms with van der Waals surface area (Å²) in [4.78, 5) is 12.0. The number of nitrogens with zero attached hydrogens (tertiary/aromatic N) is 2. The van der Waals surface area contributed by atoms with Crippen molar-refractivity contribution in [2.45, 2.75) is 46.6 Å². The summed E-state index contributed by atoms with van der Waals surface area (Å²) in [5.41, 5.74) is 7.21. The fourth-order valence-corrected chi connectivity index (χ4v) is 1.98. The van der Waals surface area contributed by atoms with Crippen LogP contribution in [0.5, 0.6) is 0 Å². The molecule has 92 valence electrons. The molecule has 0 bridgehead atoms. The Labute approximate surface area is 97.0 Å². The molecule has 0 fully saturated rings. The van der Waals surface area contributed by atoms with Crippen molar-refractivity contribution in [1.29, 1.82) is 0 Å². The first-order valence-electron chi connectivity index (χ1n) is 5.95. The maximum Gasteiger partial charge on any atom is 0.290 e. The van der Waals surface area contributed by atoms with Gasteiger partial charge in [0.1, 0.15) is 5.69 Å². The molecule has 0 aromatic carbocycles. The van der Waals surface area contributed by atoms with Crippen LogP contribution in [-0.4, -0.2) is 9.36 Å². The Bertz CT molecular complexity index is 415. The Morgan fingerprint density at radius 1 is 1.31 bits per heavy atom.